The minimum absolute atomic E-state index is 1.14. The first-order chi connectivity index (χ1) is 8.08. The Kier molecular flexibility index (Phi) is 4.99. The maximum atomic E-state index is 13.1. The molecule has 0 saturated heterocycles. The fraction of sp³-hybridized carbons (Fsp3) is 0.889. The van der Waals surface area contributed by atoms with Gasteiger partial charge in [-0.1, -0.05) is 0 Å². The van der Waals surface area contributed by atoms with Crippen molar-refractivity contribution in [3.63, 3.8) is 0 Å². The molecule has 0 amide bonds. The van der Waals surface area contributed by atoms with Crippen LogP contribution in [-0.4, -0.2) is 43.1 Å². The van der Waals surface area contributed by atoms with Gasteiger partial charge in [-0.25, -0.2) is 0 Å². The lowest BCUT2D eigenvalue weighted by Crippen LogP contribution is -2.49. The molecule has 0 rings (SSSR count). The molecule has 0 aromatic heterocycles. The second-order valence-electron chi connectivity index (χ2n) is 4.96. The lowest BCUT2D eigenvalue weighted by Gasteiger charge is -2.26. The van der Waals surface area contributed by atoms with Crippen LogP contribution in [0.5, 0.6) is 0 Å². The topological polar surface area (TPSA) is 80.7 Å². The maximum Gasteiger partial charge on any atom is 0.344 e. The molecule has 0 spiro atoms. The molecule has 0 radical (unpaired) electrons. The molecule has 0 atom stereocenters. The Bertz CT molecular complexity index is 438. The van der Waals surface area contributed by atoms with E-state index < -0.39 is 45.7 Å². The molecule has 0 aliphatic rings. The Labute approximate surface area is 107 Å². The molecule has 0 aromatic rings. The molecular weight excluding hydrogens is 296 g/mol. The van der Waals surface area contributed by atoms with Crippen molar-refractivity contribution in [1.82, 2.24) is 0 Å². The highest BCUT2D eigenvalue weighted by Crippen LogP contribution is 2.36. The van der Waals surface area contributed by atoms with Gasteiger partial charge in [0, 0.05) is 0 Å². The van der Waals surface area contributed by atoms with Crippen molar-refractivity contribution in [2.75, 3.05) is 12.4 Å². The van der Waals surface area contributed by atoms with E-state index in [1.807, 2.05) is 0 Å². The van der Waals surface area contributed by atoms with Gasteiger partial charge in [-0.15, -0.1) is 0 Å². The van der Waals surface area contributed by atoms with Crippen LogP contribution in [-0.2, 0) is 19.6 Å². The van der Waals surface area contributed by atoms with Crippen molar-refractivity contribution in [3.05, 3.63) is 0 Å². The molecule has 10 heteroatoms. The average Bonchev–Trinajstić information content (AvgIpc) is 2.08. The first kappa shape index (κ1) is 18.1. The van der Waals surface area contributed by atoms with Crippen LogP contribution in [0.3, 0.4) is 0 Å². The minimum Gasteiger partial charge on any atom is -0.459 e. The van der Waals surface area contributed by atoms with E-state index in [9.17, 15) is 30.8 Å². The van der Waals surface area contributed by atoms with Crippen LogP contribution < -0.4 is 0 Å². The van der Waals surface area contributed by atoms with E-state index in [0.717, 1.165) is 0 Å². The number of halogens is 4. The largest absolute Gasteiger partial charge is 0.459 e. The van der Waals surface area contributed by atoms with Gasteiger partial charge in [0.05, 0.1) is 5.41 Å². The fourth-order valence-electron chi connectivity index (χ4n) is 0.813. The van der Waals surface area contributed by atoms with E-state index in [2.05, 4.69) is 4.74 Å². The van der Waals surface area contributed by atoms with Crippen molar-refractivity contribution in [3.8, 4) is 0 Å². The molecule has 0 bridgehead atoms. The van der Waals surface area contributed by atoms with E-state index in [-0.39, 0.29) is 0 Å². The van der Waals surface area contributed by atoms with E-state index in [4.69, 9.17) is 4.55 Å². The Morgan fingerprint density at radius 2 is 1.53 bits per heavy atom. The van der Waals surface area contributed by atoms with Gasteiger partial charge in [0.1, 0.15) is 5.75 Å². The monoisotopic (exact) mass is 310 g/mol. The predicted octanol–water partition coefficient (Wildman–Crippen LogP) is 1.73. The molecular formula is C9H14F4O5S. The molecule has 0 aliphatic carbocycles. The number of hydrogen-bond acceptors (Lipinski definition) is 4. The van der Waals surface area contributed by atoms with Crippen molar-refractivity contribution < 1.29 is 40.1 Å². The van der Waals surface area contributed by atoms with E-state index in [1.165, 1.54) is 20.8 Å². The maximum absolute atomic E-state index is 13.1. The number of carbonyl (C=O) groups is 1. The smallest absolute Gasteiger partial charge is 0.344 e. The molecule has 5 nitrogen and oxygen atoms in total. The van der Waals surface area contributed by atoms with Gasteiger partial charge in [-0.2, -0.15) is 26.0 Å². The average molecular weight is 310 g/mol. The predicted molar refractivity (Wildman–Crippen MR) is 56.7 cm³/mol. The standard InChI is InChI=1S/C9H14F4O5S/c1-7(2,3)6(14)18-4-8(10,11)9(12,13)5-19(15,16)17/h4-5H2,1-3H3,(H,15,16,17). The normalized spacial score (nSPS) is 14.3. The van der Waals surface area contributed by atoms with Crippen LogP contribution in [0.1, 0.15) is 20.8 Å². The summed E-state index contributed by atoms with van der Waals surface area (Å²) in [5.74, 6) is -13.6. The molecule has 0 aliphatic heterocycles. The summed E-state index contributed by atoms with van der Waals surface area (Å²) in [6, 6.07) is 0. The molecule has 0 unspecified atom stereocenters. The van der Waals surface area contributed by atoms with Gasteiger partial charge in [0.2, 0.25) is 0 Å². The van der Waals surface area contributed by atoms with Crippen molar-refractivity contribution >= 4 is 16.1 Å². The second kappa shape index (κ2) is 5.23. The molecule has 1 N–H and O–H groups in total. The summed E-state index contributed by atoms with van der Waals surface area (Å²) < 4.78 is 84.7. The van der Waals surface area contributed by atoms with Crippen LogP contribution in [0.15, 0.2) is 0 Å². The Hall–Kier alpha value is -0.900. The van der Waals surface area contributed by atoms with Crippen LogP contribution in [0.25, 0.3) is 0 Å². The van der Waals surface area contributed by atoms with Gasteiger partial charge < -0.3 is 4.74 Å². The first-order valence-corrected chi connectivity index (χ1v) is 6.57. The molecule has 0 fully saturated rings. The van der Waals surface area contributed by atoms with E-state index in [0.29, 0.717) is 0 Å². The number of ether oxygens (including phenoxy) is 1. The van der Waals surface area contributed by atoms with Gasteiger partial charge in [0.25, 0.3) is 10.1 Å². The van der Waals surface area contributed by atoms with E-state index in [1.54, 1.807) is 0 Å². The van der Waals surface area contributed by atoms with Crippen LogP contribution >= 0.6 is 0 Å². The summed E-state index contributed by atoms with van der Waals surface area (Å²) >= 11 is 0. The summed E-state index contributed by atoms with van der Waals surface area (Å²) in [5, 5.41) is 0. The zero-order valence-electron chi connectivity index (χ0n) is 10.4. The quantitative estimate of drug-likeness (QED) is 0.475. The Balaban J connectivity index is 4.84. The van der Waals surface area contributed by atoms with Gasteiger partial charge in [-0.05, 0) is 20.8 Å². The van der Waals surface area contributed by atoms with Crippen molar-refractivity contribution in [2.24, 2.45) is 5.41 Å². The number of alkyl halides is 4. The van der Waals surface area contributed by atoms with Gasteiger partial charge >= 0.3 is 17.8 Å². The lowest BCUT2D eigenvalue weighted by atomic mass is 9.97. The van der Waals surface area contributed by atoms with Crippen molar-refractivity contribution in [2.45, 2.75) is 32.6 Å². The molecule has 0 aromatic carbocycles. The fourth-order valence-corrected chi connectivity index (χ4v) is 1.48. The molecule has 114 valence electrons. The van der Waals surface area contributed by atoms with Crippen LogP contribution in [0.4, 0.5) is 17.6 Å². The SMILES string of the molecule is CC(C)(C)C(=O)OCC(F)(F)C(F)(F)CS(=O)(=O)O. The highest BCUT2D eigenvalue weighted by Gasteiger charge is 2.59. The third-order valence-corrected chi connectivity index (χ3v) is 2.62. The third kappa shape index (κ3) is 5.72. The number of hydrogen-bond donors (Lipinski definition) is 1. The first-order valence-electron chi connectivity index (χ1n) is 4.96. The molecule has 0 heterocycles. The number of carbonyl (C=O) groups excluding carboxylic acids is 1. The van der Waals surface area contributed by atoms with E-state index >= 15 is 0 Å². The summed E-state index contributed by atoms with van der Waals surface area (Å²) in [6.45, 7) is 1.99. The highest BCUT2D eigenvalue weighted by atomic mass is 32.2. The van der Waals surface area contributed by atoms with Gasteiger partial charge in [-0.3, -0.25) is 9.35 Å². The molecule has 0 saturated carbocycles. The number of rotatable bonds is 5. The molecule has 19 heavy (non-hydrogen) atoms. The summed E-state index contributed by atoms with van der Waals surface area (Å²) in [5.41, 5.74) is -1.17. The number of esters is 1. The second-order valence-corrected chi connectivity index (χ2v) is 6.41. The Morgan fingerprint density at radius 3 is 1.84 bits per heavy atom. The minimum atomic E-state index is -5.30. The lowest BCUT2D eigenvalue weighted by molar-refractivity contribution is -0.223. The summed E-state index contributed by atoms with van der Waals surface area (Å²) in [7, 11) is -5.30. The highest BCUT2D eigenvalue weighted by molar-refractivity contribution is 7.85. The van der Waals surface area contributed by atoms with Crippen molar-refractivity contribution in [1.29, 1.82) is 0 Å². The van der Waals surface area contributed by atoms with Gasteiger partial charge in [0.15, 0.2) is 6.61 Å². The Morgan fingerprint density at radius 1 is 1.11 bits per heavy atom. The third-order valence-electron chi connectivity index (χ3n) is 1.90. The van der Waals surface area contributed by atoms with Crippen LogP contribution in [0, 0.1) is 5.41 Å². The summed E-state index contributed by atoms with van der Waals surface area (Å²) in [6.07, 6.45) is 0. The van der Waals surface area contributed by atoms with Crippen LogP contribution in [0.2, 0.25) is 0 Å². The summed E-state index contributed by atoms with van der Waals surface area (Å²) in [4.78, 5) is 11.2. The zero-order valence-corrected chi connectivity index (χ0v) is 11.2. The zero-order chi connectivity index (χ0) is 15.7.